The summed E-state index contributed by atoms with van der Waals surface area (Å²) in [4.78, 5) is 4.76. The van der Waals surface area contributed by atoms with E-state index in [9.17, 15) is 8.42 Å². The Morgan fingerprint density at radius 1 is 1.04 bits per heavy atom. The highest BCUT2D eigenvalue weighted by Gasteiger charge is 2.28. The van der Waals surface area contributed by atoms with Crippen molar-refractivity contribution in [1.82, 2.24) is 4.31 Å². The topological polar surface area (TPSA) is 59.0 Å². The van der Waals surface area contributed by atoms with Crippen molar-refractivity contribution in [2.45, 2.75) is 38.0 Å². The molecule has 0 saturated carbocycles. The maximum Gasteiger partial charge on any atom is 0.245 e. The van der Waals surface area contributed by atoms with E-state index in [4.69, 9.17) is 4.74 Å². The van der Waals surface area contributed by atoms with Crippen LogP contribution < -0.4 is 0 Å². The van der Waals surface area contributed by atoms with Gasteiger partial charge in [0.1, 0.15) is 4.90 Å². The Balaban J connectivity index is 1.91. The molecule has 1 saturated heterocycles. The van der Waals surface area contributed by atoms with Crippen LogP contribution in [0.5, 0.6) is 0 Å². The van der Waals surface area contributed by atoms with Gasteiger partial charge in [-0.3, -0.25) is 4.99 Å². The molecule has 0 atom stereocenters. The fraction of sp³-hybridized carbons (Fsp3) is 0.409. The minimum atomic E-state index is -3.61. The van der Waals surface area contributed by atoms with Gasteiger partial charge in [0, 0.05) is 19.3 Å². The summed E-state index contributed by atoms with van der Waals surface area (Å²) < 4.78 is 33.0. The van der Waals surface area contributed by atoms with Gasteiger partial charge in [0.05, 0.1) is 18.9 Å². The summed E-state index contributed by atoms with van der Waals surface area (Å²) in [6, 6.07) is 13.5. The molecule has 5 nitrogen and oxygen atoms in total. The SMILES string of the molecule is Cc1ccc(N=Cc2ccc(C(C)(C)C)cc2)c(S(=O)(=O)N2CCOCC2)c1. The highest BCUT2D eigenvalue weighted by molar-refractivity contribution is 7.89. The summed E-state index contributed by atoms with van der Waals surface area (Å²) in [5.41, 5.74) is 3.61. The summed E-state index contributed by atoms with van der Waals surface area (Å²) in [5.74, 6) is 0. The van der Waals surface area contributed by atoms with Gasteiger partial charge in [0.25, 0.3) is 0 Å². The van der Waals surface area contributed by atoms with E-state index < -0.39 is 10.0 Å². The van der Waals surface area contributed by atoms with E-state index in [1.807, 2.05) is 25.1 Å². The first-order chi connectivity index (χ1) is 13.2. The lowest BCUT2D eigenvalue weighted by Crippen LogP contribution is -2.40. The fourth-order valence-corrected chi connectivity index (χ4v) is 4.70. The minimum absolute atomic E-state index is 0.0893. The molecule has 1 aliphatic heterocycles. The van der Waals surface area contributed by atoms with Crippen LogP contribution in [0.1, 0.15) is 37.5 Å². The van der Waals surface area contributed by atoms with E-state index >= 15 is 0 Å². The van der Waals surface area contributed by atoms with Crippen LogP contribution >= 0.6 is 0 Å². The molecule has 2 aromatic carbocycles. The predicted octanol–water partition coefficient (Wildman–Crippen LogP) is 4.06. The van der Waals surface area contributed by atoms with Gasteiger partial charge in [0.2, 0.25) is 10.0 Å². The van der Waals surface area contributed by atoms with Gasteiger partial charge < -0.3 is 4.74 Å². The molecular weight excluding hydrogens is 372 g/mol. The number of hydrogen-bond donors (Lipinski definition) is 0. The molecule has 1 fully saturated rings. The molecule has 0 N–H and O–H groups in total. The Labute approximate surface area is 168 Å². The maximum absolute atomic E-state index is 13.1. The molecule has 1 heterocycles. The lowest BCUT2D eigenvalue weighted by Gasteiger charge is -2.26. The molecule has 0 amide bonds. The number of ether oxygens (including phenoxy) is 1. The number of benzene rings is 2. The maximum atomic E-state index is 13.1. The van der Waals surface area contributed by atoms with E-state index in [1.54, 1.807) is 18.3 Å². The highest BCUT2D eigenvalue weighted by atomic mass is 32.2. The molecular formula is C22H28N2O3S. The third-order valence-electron chi connectivity index (χ3n) is 4.83. The molecule has 3 rings (SSSR count). The van der Waals surface area contributed by atoms with Gasteiger partial charge >= 0.3 is 0 Å². The van der Waals surface area contributed by atoms with E-state index in [1.165, 1.54) is 9.87 Å². The third-order valence-corrected chi connectivity index (χ3v) is 6.76. The number of morpholine rings is 1. The normalized spacial score (nSPS) is 16.6. The van der Waals surface area contributed by atoms with Crippen LogP contribution in [0, 0.1) is 6.92 Å². The first kappa shape index (κ1) is 20.7. The van der Waals surface area contributed by atoms with Gasteiger partial charge in [-0.05, 0) is 41.2 Å². The van der Waals surface area contributed by atoms with Gasteiger partial charge in [-0.1, -0.05) is 51.1 Å². The Bertz CT molecular complexity index is 952. The van der Waals surface area contributed by atoms with Crippen LogP contribution in [-0.2, 0) is 20.2 Å². The van der Waals surface area contributed by atoms with Crippen molar-refractivity contribution >= 4 is 21.9 Å². The van der Waals surface area contributed by atoms with Crippen molar-refractivity contribution in [3.05, 3.63) is 59.2 Å². The molecule has 0 radical (unpaired) electrons. The second-order valence-corrected chi connectivity index (χ2v) is 10.0. The minimum Gasteiger partial charge on any atom is -0.379 e. The average Bonchev–Trinajstić information content (AvgIpc) is 2.67. The summed E-state index contributed by atoms with van der Waals surface area (Å²) in [6.45, 7) is 9.98. The average molecular weight is 401 g/mol. The third kappa shape index (κ3) is 4.69. The monoisotopic (exact) mass is 400 g/mol. The Hall–Kier alpha value is -2.02. The molecule has 150 valence electrons. The van der Waals surface area contributed by atoms with Crippen molar-refractivity contribution in [1.29, 1.82) is 0 Å². The van der Waals surface area contributed by atoms with Gasteiger partial charge in [0.15, 0.2) is 0 Å². The summed E-state index contributed by atoms with van der Waals surface area (Å²) in [7, 11) is -3.61. The number of aryl methyl sites for hydroxylation is 1. The van der Waals surface area contributed by atoms with Crippen molar-refractivity contribution in [3.8, 4) is 0 Å². The second kappa shape index (κ2) is 8.15. The first-order valence-corrected chi connectivity index (χ1v) is 10.9. The zero-order valence-electron chi connectivity index (χ0n) is 17.0. The molecule has 0 bridgehead atoms. The van der Waals surface area contributed by atoms with Crippen molar-refractivity contribution in [2.24, 2.45) is 4.99 Å². The van der Waals surface area contributed by atoms with Crippen molar-refractivity contribution in [3.63, 3.8) is 0 Å². The van der Waals surface area contributed by atoms with Crippen LogP contribution in [0.3, 0.4) is 0 Å². The van der Waals surface area contributed by atoms with E-state index in [0.29, 0.717) is 32.0 Å². The van der Waals surface area contributed by atoms with Crippen LogP contribution in [0.25, 0.3) is 0 Å². The summed E-state index contributed by atoms with van der Waals surface area (Å²) in [5, 5.41) is 0. The molecule has 28 heavy (non-hydrogen) atoms. The van der Waals surface area contributed by atoms with Gasteiger partial charge in [-0.15, -0.1) is 0 Å². The number of aliphatic imine (C=N–C) groups is 1. The summed E-state index contributed by atoms with van der Waals surface area (Å²) >= 11 is 0. The molecule has 1 aliphatic rings. The number of sulfonamides is 1. The highest BCUT2D eigenvalue weighted by Crippen LogP contribution is 2.29. The first-order valence-electron chi connectivity index (χ1n) is 9.51. The fourth-order valence-electron chi connectivity index (χ4n) is 3.07. The van der Waals surface area contributed by atoms with Crippen molar-refractivity contribution in [2.75, 3.05) is 26.3 Å². The van der Waals surface area contributed by atoms with E-state index in [-0.39, 0.29) is 10.3 Å². The molecule has 0 unspecified atom stereocenters. The predicted molar refractivity (Wildman–Crippen MR) is 113 cm³/mol. The van der Waals surface area contributed by atoms with Gasteiger partial charge in [-0.2, -0.15) is 4.31 Å². The Morgan fingerprint density at radius 2 is 1.68 bits per heavy atom. The van der Waals surface area contributed by atoms with Crippen molar-refractivity contribution < 1.29 is 13.2 Å². The standard InChI is InChI=1S/C22H28N2O3S/c1-17-5-10-20(21(15-17)28(25,26)24-11-13-27-14-12-24)23-16-18-6-8-19(9-7-18)22(2,3)4/h5-10,15-16H,11-14H2,1-4H3. The number of rotatable bonds is 4. The Morgan fingerprint density at radius 3 is 2.29 bits per heavy atom. The second-order valence-electron chi connectivity index (χ2n) is 8.12. The Kier molecular flexibility index (Phi) is 6.03. The smallest absolute Gasteiger partial charge is 0.245 e. The largest absolute Gasteiger partial charge is 0.379 e. The zero-order chi connectivity index (χ0) is 20.4. The summed E-state index contributed by atoms with van der Waals surface area (Å²) in [6.07, 6.45) is 1.72. The zero-order valence-corrected chi connectivity index (χ0v) is 17.8. The molecule has 2 aromatic rings. The van der Waals surface area contributed by atoms with Crippen LogP contribution in [0.15, 0.2) is 52.4 Å². The van der Waals surface area contributed by atoms with Gasteiger partial charge in [-0.25, -0.2) is 8.42 Å². The number of nitrogens with zero attached hydrogens (tertiary/aromatic N) is 2. The van der Waals surface area contributed by atoms with Crippen LogP contribution in [0.2, 0.25) is 0 Å². The lowest BCUT2D eigenvalue weighted by molar-refractivity contribution is 0.0730. The van der Waals surface area contributed by atoms with E-state index in [0.717, 1.165) is 11.1 Å². The van der Waals surface area contributed by atoms with Crippen LogP contribution in [0.4, 0.5) is 5.69 Å². The molecule has 0 spiro atoms. The van der Waals surface area contributed by atoms with Crippen LogP contribution in [-0.4, -0.2) is 45.2 Å². The van der Waals surface area contributed by atoms with E-state index in [2.05, 4.69) is 37.9 Å². The molecule has 6 heteroatoms. The molecule has 0 aliphatic carbocycles. The molecule has 0 aromatic heterocycles. The lowest BCUT2D eigenvalue weighted by atomic mass is 9.87. The number of hydrogen-bond acceptors (Lipinski definition) is 4. The quantitative estimate of drug-likeness (QED) is 0.727.